The molecule has 1 amide bonds. The molecule has 3 aliphatic heterocycles. The highest BCUT2D eigenvalue weighted by molar-refractivity contribution is 7.48. The van der Waals surface area contributed by atoms with Crippen molar-refractivity contribution in [3.8, 4) is 0 Å². The first-order valence-electron chi connectivity index (χ1n) is 23.9. The Kier molecular flexibility index (Phi) is 20.2. The highest BCUT2D eigenvalue weighted by atomic mass is 31.2. The van der Waals surface area contributed by atoms with Gasteiger partial charge >= 0.3 is 13.8 Å². The van der Waals surface area contributed by atoms with E-state index in [4.69, 9.17) is 41.7 Å². The number of carbonyl (C=O) groups excluding carboxylic acids is 4. The van der Waals surface area contributed by atoms with E-state index in [1.807, 2.05) is 32.9 Å². The lowest BCUT2D eigenvalue weighted by molar-refractivity contribution is -0.302. The van der Waals surface area contributed by atoms with E-state index >= 15 is 0 Å². The molecule has 4 aliphatic rings. The number of furan rings is 1. The van der Waals surface area contributed by atoms with Crippen molar-refractivity contribution in [2.24, 2.45) is 29.6 Å². The molecule has 18 heteroatoms. The Bertz CT molecular complexity index is 1920. The minimum absolute atomic E-state index is 0.00755. The molecule has 1 saturated carbocycles. The van der Waals surface area contributed by atoms with Crippen LogP contribution in [0.1, 0.15) is 118 Å². The Balaban J connectivity index is 1.46. The molecule has 3 fully saturated rings. The molecule has 1 aromatic rings. The van der Waals surface area contributed by atoms with Crippen molar-refractivity contribution >= 4 is 31.3 Å². The topological polar surface area (TPSA) is 216 Å². The highest BCUT2D eigenvalue weighted by Gasteiger charge is 2.56. The SMILES string of the molecule is CC[C@@H]1/C=C(\C)C[C@H](C)C[C@H](OC)[C@H]2O[C@@](O)(C(=O)C(=O)N3CCCC[C@H]3C(=O)O[C@H](/C(C)=C/[C@@H]3CC[C@@H](OP(=O)(OC)OCc4ccoc4)[C@H](OC)C3)[C@H](C)C(O)CC1=O)[C@H](C)C[C@@H]2OC. The van der Waals surface area contributed by atoms with Gasteiger partial charge in [-0.15, -0.1) is 0 Å². The average Bonchev–Trinajstić information content (AvgIpc) is 3.85. The molecule has 17 nitrogen and oxygen atoms in total. The maximum Gasteiger partial charge on any atom is 0.475 e. The second-order valence-corrected chi connectivity index (χ2v) is 21.0. The molecule has 2 bridgehead atoms. The maximum atomic E-state index is 14.5. The quantitative estimate of drug-likeness (QED) is 0.0928. The van der Waals surface area contributed by atoms with E-state index in [0.717, 1.165) is 5.57 Å². The van der Waals surface area contributed by atoms with Crippen LogP contribution in [0, 0.1) is 29.6 Å². The number of allylic oxidation sites excluding steroid dienone is 3. The maximum absolute atomic E-state index is 14.5. The fraction of sp³-hybridized carbons (Fsp3) is 0.755. The first-order valence-corrected chi connectivity index (χ1v) is 25.4. The number of ether oxygens (including phenoxy) is 5. The standard InChI is InChI=1S/C49H76NO16P/c1-11-36-21-29(2)20-30(3)22-42(59-8)45-43(60-9)24-32(5)49(56,65-45)46(53)47(54)50-18-13-12-14-37(50)48(55)64-44(33(6)38(51)26-39(36)52)31(4)23-34-15-16-40(41(25-34)58-7)66-67(57,61-10)63-28-35-17-19-62-27-35/h17,19,21,23,27,30,32-34,36-38,40-45,51,56H,11-16,18,20,22,24-26,28H2,1-10H3/b29-21+,31-23+/t30-,32+,33+,34-,36+,37-,38?,40+,41+,42-,43-,44+,45+,49+,67?/m0/s1. The summed E-state index contributed by atoms with van der Waals surface area (Å²) >= 11 is 0. The van der Waals surface area contributed by atoms with E-state index in [9.17, 15) is 34.0 Å². The molecule has 4 heterocycles. The molecule has 0 radical (unpaired) electrons. The lowest BCUT2D eigenvalue weighted by Crippen LogP contribution is -2.64. The van der Waals surface area contributed by atoms with Crippen molar-refractivity contribution in [2.45, 2.75) is 173 Å². The number of carbonyl (C=O) groups is 4. The minimum atomic E-state index is -3.99. The van der Waals surface area contributed by atoms with Crippen molar-refractivity contribution in [3.63, 3.8) is 0 Å². The third-order valence-corrected chi connectivity index (χ3v) is 15.7. The normalized spacial score (nSPS) is 37.7. The molecule has 2 unspecified atom stereocenters. The van der Waals surface area contributed by atoms with Crippen LogP contribution in [0.25, 0.3) is 0 Å². The zero-order chi connectivity index (χ0) is 49.2. The molecule has 15 atom stereocenters. The molecule has 0 spiro atoms. The zero-order valence-electron chi connectivity index (χ0n) is 41.1. The molecule has 5 rings (SSSR count). The smallest absolute Gasteiger partial charge is 0.472 e. The van der Waals surface area contributed by atoms with Crippen LogP contribution in [-0.2, 0) is 67.6 Å². The molecular formula is C49H76NO16P. The second kappa shape index (κ2) is 24.6. The zero-order valence-corrected chi connectivity index (χ0v) is 42.0. The average molecular weight is 966 g/mol. The number of nitrogens with zero attached hydrogens (tertiary/aromatic N) is 1. The Morgan fingerprint density at radius 3 is 2.28 bits per heavy atom. The summed E-state index contributed by atoms with van der Waals surface area (Å²) in [6.07, 6.45) is 5.52. The van der Waals surface area contributed by atoms with Gasteiger partial charge in [0.1, 0.15) is 24.0 Å². The van der Waals surface area contributed by atoms with Crippen molar-refractivity contribution in [3.05, 3.63) is 47.5 Å². The Morgan fingerprint density at radius 2 is 1.64 bits per heavy atom. The van der Waals surface area contributed by atoms with Crippen LogP contribution in [0.15, 0.2) is 46.3 Å². The van der Waals surface area contributed by atoms with Crippen LogP contribution in [0.2, 0.25) is 0 Å². The number of amides is 1. The number of hydrogen-bond donors (Lipinski definition) is 2. The van der Waals surface area contributed by atoms with E-state index in [-0.39, 0.29) is 50.0 Å². The third-order valence-electron chi connectivity index (χ3n) is 14.3. The van der Waals surface area contributed by atoms with Crippen molar-refractivity contribution in [1.29, 1.82) is 0 Å². The summed E-state index contributed by atoms with van der Waals surface area (Å²) in [7, 11) is 1.84. The largest absolute Gasteiger partial charge is 0.475 e. The lowest BCUT2D eigenvalue weighted by Gasteiger charge is -2.47. The number of esters is 1. The molecule has 2 N–H and O–H groups in total. The van der Waals surface area contributed by atoms with E-state index in [2.05, 4.69) is 0 Å². The van der Waals surface area contributed by atoms with Gasteiger partial charge in [-0.3, -0.25) is 28.0 Å². The number of Topliss-reactive ketones (excluding diaryl/α,β-unsaturated/α-hetero) is 2. The summed E-state index contributed by atoms with van der Waals surface area (Å²) in [6.45, 7) is 11.1. The molecule has 2 saturated heterocycles. The summed E-state index contributed by atoms with van der Waals surface area (Å²) in [4.78, 5) is 58.4. The number of phosphoric acid groups is 1. The highest BCUT2D eigenvalue weighted by Crippen LogP contribution is 2.52. The first kappa shape index (κ1) is 54.8. The van der Waals surface area contributed by atoms with Gasteiger partial charge in [0.25, 0.3) is 11.7 Å². The van der Waals surface area contributed by atoms with Gasteiger partial charge < -0.3 is 43.2 Å². The van der Waals surface area contributed by atoms with Crippen LogP contribution in [0.3, 0.4) is 0 Å². The summed E-state index contributed by atoms with van der Waals surface area (Å²) in [6, 6.07) is 0.491. The van der Waals surface area contributed by atoms with Gasteiger partial charge in [-0.1, -0.05) is 45.4 Å². The molecular weight excluding hydrogens is 890 g/mol. The first-order chi connectivity index (χ1) is 31.8. The van der Waals surface area contributed by atoms with Gasteiger partial charge in [-0.05, 0) is 102 Å². The van der Waals surface area contributed by atoms with Gasteiger partial charge in [0.05, 0.1) is 49.7 Å². The van der Waals surface area contributed by atoms with Crippen LogP contribution in [-0.4, -0.2) is 128 Å². The van der Waals surface area contributed by atoms with E-state index < -0.39 is 97.8 Å². The predicted octanol–water partition coefficient (Wildman–Crippen LogP) is 7.06. The van der Waals surface area contributed by atoms with E-state index in [1.165, 1.54) is 45.9 Å². The number of phosphoric ester groups is 1. The van der Waals surface area contributed by atoms with Crippen LogP contribution in [0.5, 0.6) is 0 Å². The van der Waals surface area contributed by atoms with Gasteiger partial charge in [-0.2, -0.15) is 0 Å². The predicted molar refractivity (Wildman–Crippen MR) is 245 cm³/mol. The Morgan fingerprint density at radius 1 is 0.940 bits per heavy atom. The molecule has 1 aromatic heterocycles. The molecule has 1 aliphatic carbocycles. The Labute approximate surface area is 396 Å². The molecule has 67 heavy (non-hydrogen) atoms. The minimum Gasteiger partial charge on any atom is -0.472 e. The summed E-state index contributed by atoms with van der Waals surface area (Å²) in [5.41, 5.74) is 2.23. The van der Waals surface area contributed by atoms with Gasteiger partial charge in [0, 0.05) is 64.7 Å². The van der Waals surface area contributed by atoms with Gasteiger partial charge in [0.2, 0.25) is 5.79 Å². The summed E-state index contributed by atoms with van der Waals surface area (Å²) in [5, 5.41) is 24.0. The molecule has 378 valence electrons. The number of rotatable bonds is 12. The number of cyclic esters (lactones) is 1. The summed E-state index contributed by atoms with van der Waals surface area (Å²) in [5.74, 6) is -7.98. The number of methoxy groups -OCH3 is 3. The van der Waals surface area contributed by atoms with Crippen LogP contribution < -0.4 is 0 Å². The number of ketones is 2. The summed E-state index contributed by atoms with van der Waals surface area (Å²) < 4.78 is 65.5. The van der Waals surface area contributed by atoms with Crippen LogP contribution >= 0.6 is 7.82 Å². The number of aliphatic hydroxyl groups excluding tert-OH is 1. The van der Waals surface area contributed by atoms with E-state index in [0.29, 0.717) is 62.5 Å². The van der Waals surface area contributed by atoms with Gasteiger partial charge in [0.15, 0.2) is 0 Å². The lowest BCUT2D eigenvalue weighted by atomic mass is 9.81. The molecule has 0 aromatic carbocycles. The number of piperidine rings is 1. The second-order valence-electron chi connectivity index (χ2n) is 19.3. The number of hydrogen-bond acceptors (Lipinski definition) is 16. The van der Waals surface area contributed by atoms with E-state index in [1.54, 1.807) is 26.8 Å². The fourth-order valence-electron chi connectivity index (χ4n) is 10.3. The fourth-order valence-corrected chi connectivity index (χ4v) is 11.4. The third kappa shape index (κ3) is 13.6. The number of aliphatic hydroxyl groups is 2. The Hall–Kier alpha value is -3.09. The monoisotopic (exact) mass is 965 g/mol. The van der Waals surface area contributed by atoms with Crippen molar-refractivity contribution in [1.82, 2.24) is 4.90 Å². The van der Waals surface area contributed by atoms with Gasteiger partial charge in [-0.25, -0.2) is 9.36 Å². The van der Waals surface area contributed by atoms with Crippen molar-refractivity contribution < 1.29 is 75.6 Å². The van der Waals surface area contributed by atoms with Crippen LogP contribution in [0.4, 0.5) is 0 Å². The van der Waals surface area contributed by atoms with Crippen molar-refractivity contribution in [2.75, 3.05) is 35.0 Å². The number of fused-ring (bicyclic) bond motifs is 3.